The molecule has 6 heteroatoms. The van der Waals surface area contributed by atoms with Gasteiger partial charge >= 0.3 is 5.97 Å². The Morgan fingerprint density at radius 3 is 2.94 bits per heavy atom. The molecule has 0 aliphatic rings. The Labute approximate surface area is 93.0 Å². The van der Waals surface area contributed by atoms with Crippen molar-refractivity contribution in [2.24, 2.45) is 5.92 Å². The van der Waals surface area contributed by atoms with Crippen molar-refractivity contribution in [3.8, 4) is 6.07 Å². The number of nitrogens with one attached hydrogen (secondary N) is 1. The lowest BCUT2D eigenvalue weighted by atomic mass is 10.1. The highest BCUT2D eigenvalue weighted by Crippen LogP contribution is 2.08. The second-order valence-corrected chi connectivity index (χ2v) is 3.32. The largest absolute Gasteiger partial charge is 0.481 e. The molecule has 84 valence electrons. The lowest BCUT2D eigenvalue weighted by molar-refractivity contribution is -0.141. The first kappa shape index (κ1) is 11.9. The van der Waals surface area contributed by atoms with Gasteiger partial charge in [-0.25, -0.2) is 9.97 Å². The topological polar surface area (TPSA) is 98.9 Å². The Balaban J connectivity index is 2.49. The number of rotatable bonds is 5. The van der Waals surface area contributed by atoms with Gasteiger partial charge in [0, 0.05) is 18.9 Å². The maximum absolute atomic E-state index is 10.6. The van der Waals surface area contributed by atoms with E-state index in [1.54, 1.807) is 6.92 Å². The second kappa shape index (κ2) is 5.66. The normalized spacial score (nSPS) is 11.5. The van der Waals surface area contributed by atoms with Crippen molar-refractivity contribution in [1.82, 2.24) is 9.97 Å². The zero-order valence-electron chi connectivity index (χ0n) is 8.84. The van der Waals surface area contributed by atoms with E-state index in [1.807, 2.05) is 6.07 Å². The highest BCUT2D eigenvalue weighted by atomic mass is 16.4. The van der Waals surface area contributed by atoms with E-state index in [0.29, 0.717) is 18.8 Å². The third-order valence-electron chi connectivity index (χ3n) is 2.10. The lowest BCUT2D eigenvalue weighted by Crippen LogP contribution is -2.15. The molecule has 0 fully saturated rings. The first-order valence-electron chi connectivity index (χ1n) is 4.83. The van der Waals surface area contributed by atoms with E-state index < -0.39 is 11.9 Å². The predicted molar refractivity (Wildman–Crippen MR) is 56.7 cm³/mol. The minimum absolute atomic E-state index is 0.213. The summed E-state index contributed by atoms with van der Waals surface area (Å²) in [6, 6.07) is 1.90. The summed E-state index contributed by atoms with van der Waals surface area (Å²) in [6.45, 7) is 2.08. The van der Waals surface area contributed by atoms with Crippen LogP contribution in [0.4, 0.5) is 5.82 Å². The summed E-state index contributed by atoms with van der Waals surface area (Å²) in [5, 5.41) is 20.3. The highest BCUT2D eigenvalue weighted by Gasteiger charge is 2.10. The van der Waals surface area contributed by atoms with Crippen LogP contribution < -0.4 is 5.32 Å². The fourth-order valence-corrected chi connectivity index (χ4v) is 1.08. The number of hydrogen-bond acceptors (Lipinski definition) is 5. The second-order valence-electron chi connectivity index (χ2n) is 3.32. The number of nitrogens with zero attached hydrogens (tertiary/aromatic N) is 3. The number of aliphatic carboxylic acids is 1. The number of anilines is 1. The predicted octanol–water partition coefficient (Wildman–Crippen LogP) is 0.871. The van der Waals surface area contributed by atoms with Crippen LogP contribution in [-0.2, 0) is 4.79 Å². The SMILES string of the molecule is CC(CCNc1nccnc1C#N)C(=O)O. The average Bonchev–Trinajstić information content (AvgIpc) is 2.29. The first-order chi connectivity index (χ1) is 7.65. The molecular weight excluding hydrogens is 208 g/mol. The van der Waals surface area contributed by atoms with E-state index in [9.17, 15) is 4.79 Å². The van der Waals surface area contributed by atoms with Crippen molar-refractivity contribution in [1.29, 1.82) is 5.26 Å². The molecule has 0 aliphatic heterocycles. The summed E-state index contributed by atoms with van der Waals surface area (Å²) >= 11 is 0. The molecule has 16 heavy (non-hydrogen) atoms. The summed E-state index contributed by atoms with van der Waals surface area (Å²) in [5.74, 6) is -0.862. The van der Waals surface area contributed by atoms with Crippen LogP contribution in [0.15, 0.2) is 12.4 Å². The van der Waals surface area contributed by atoms with Gasteiger partial charge in [-0.3, -0.25) is 4.79 Å². The molecule has 1 heterocycles. The third-order valence-corrected chi connectivity index (χ3v) is 2.10. The quantitative estimate of drug-likeness (QED) is 0.763. The summed E-state index contributed by atoms with van der Waals surface area (Å²) in [5.41, 5.74) is 0.213. The van der Waals surface area contributed by atoms with Gasteiger partial charge in [-0.1, -0.05) is 6.92 Å². The van der Waals surface area contributed by atoms with Gasteiger partial charge in [-0.05, 0) is 6.42 Å². The maximum atomic E-state index is 10.6. The molecule has 1 unspecified atom stereocenters. The van der Waals surface area contributed by atoms with Crippen molar-refractivity contribution in [3.63, 3.8) is 0 Å². The van der Waals surface area contributed by atoms with Crippen LogP contribution in [0.25, 0.3) is 0 Å². The van der Waals surface area contributed by atoms with E-state index in [2.05, 4.69) is 15.3 Å². The molecule has 1 rings (SSSR count). The van der Waals surface area contributed by atoms with E-state index in [4.69, 9.17) is 10.4 Å². The molecule has 0 spiro atoms. The lowest BCUT2D eigenvalue weighted by Gasteiger charge is -2.08. The van der Waals surface area contributed by atoms with Crippen LogP contribution in [0.5, 0.6) is 0 Å². The van der Waals surface area contributed by atoms with E-state index >= 15 is 0 Å². The maximum Gasteiger partial charge on any atom is 0.306 e. The van der Waals surface area contributed by atoms with Crippen molar-refractivity contribution >= 4 is 11.8 Å². The van der Waals surface area contributed by atoms with E-state index in [-0.39, 0.29) is 5.69 Å². The van der Waals surface area contributed by atoms with Gasteiger partial charge in [0.2, 0.25) is 0 Å². The van der Waals surface area contributed by atoms with Gasteiger partial charge in [0.1, 0.15) is 6.07 Å². The molecule has 1 aromatic heterocycles. The summed E-state index contributed by atoms with van der Waals surface area (Å²) in [6.07, 6.45) is 3.38. The zero-order chi connectivity index (χ0) is 12.0. The summed E-state index contributed by atoms with van der Waals surface area (Å²) < 4.78 is 0. The summed E-state index contributed by atoms with van der Waals surface area (Å²) in [7, 11) is 0. The number of carboxylic acid groups (broad SMARTS) is 1. The van der Waals surface area contributed by atoms with Crippen LogP contribution >= 0.6 is 0 Å². The Hall–Kier alpha value is -2.16. The molecule has 0 radical (unpaired) electrons. The fraction of sp³-hybridized carbons (Fsp3) is 0.400. The average molecular weight is 220 g/mol. The Bertz CT molecular complexity index is 414. The Morgan fingerprint density at radius 2 is 2.31 bits per heavy atom. The number of hydrogen-bond donors (Lipinski definition) is 2. The first-order valence-corrected chi connectivity index (χ1v) is 4.83. The van der Waals surface area contributed by atoms with Crippen molar-refractivity contribution < 1.29 is 9.90 Å². The smallest absolute Gasteiger partial charge is 0.306 e. The highest BCUT2D eigenvalue weighted by molar-refractivity contribution is 5.69. The van der Waals surface area contributed by atoms with Gasteiger partial charge in [0.25, 0.3) is 0 Å². The molecular formula is C10H12N4O2. The van der Waals surface area contributed by atoms with Gasteiger partial charge in [0.05, 0.1) is 5.92 Å². The monoisotopic (exact) mass is 220 g/mol. The number of carboxylic acids is 1. The molecule has 0 aliphatic carbocycles. The number of aromatic nitrogens is 2. The zero-order valence-corrected chi connectivity index (χ0v) is 8.84. The van der Waals surface area contributed by atoms with Gasteiger partial charge in [-0.2, -0.15) is 5.26 Å². The van der Waals surface area contributed by atoms with Crippen molar-refractivity contribution in [3.05, 3.63) is 18.1 Å². The molecule has 0 bridgehead atoms. The Kier molecular flexibility index (Phi) is 4.21. The van der Waals surface area contributed by atoms with Gasteiger partial charge in [-0.15, -0.1) is 0 Å². The fourth-order valence-electron chi connectivity index (χ4n) is 1.08. The minimum atomic E-state index is -0.832. The molecule has 1 atom stereocenters. The standard InChI is InChI=1S/C10H12N4O2/c1-7(10(15)16)2-3-13-9-8(6-11)12-4-5-14-9/h4-5,7H,2-3H2,1H3,(H,13,14)(H,15,16). The molecule has 0 saturated carbocycles. The van der Waals surface area contributed by atoms with E-state index in [0.717, 1.165) is 0 Å². The molecule has 1 aromatic rings. The van der Waals surface area contributed by atoms with Crippen LogP contribution in [0, 0.1) is 17.2 Å². The number of carbonyl (C=O) groups is 1. The van der Waals surface area contributed by atoms with Crippen LogP contribution in [0.3, 0.4) is 0 Å². The van der Waals surface area contributed by atoms with Crippen molar-refractivity contribution in [2.75, 3.05) is 11.9 Å². The molecule has 0 saturated heterocycles. The molecule has 6 nitrogen and oxygen atoms in total. The summed E-state index contributed by atoms with van der Waals surface area (Å²) in [4.78, 5) is 18.3. The third kappa shape index (κ3) is 3.20. The number of nitriles is 1. The molecule has 0 aromatic carbocycles. The van der Waals surface area contributed by atoms with Crippen molar-refractivity contribution in [2.45, 2.75) is 13.3 Å². The van der Waals surface area contributed by atoms with Crippen LogP contribution in [0.2, 0.25) is 0 Å². The van der Waals surface area contributed by atoms with E-state index in [1.165, 1.54) is 12.4 Å². The minimum Gasteiger partial charge on any atom is -0.481 e. The van der Waals surface area contributed by atoms with Gasteiger partial charge in [0.15, 0.2) is 11.5 Å². The molecule has 0 amide bonds. The molecule has 2 N–H and O–H groups in total. The van der Waals surface area contributed by atoms with Crippen LogP contribution in [-0.4, -0.2) is 27.6 Å². The van der Waals surface area contributed by atoms with Crippen LogP contribution in [0.1, 0.15) is 19.0 Å². The van der Waals surface area contributed by atoms with Gasteiger partial charge < -0.3 is 10.4 Å². The Morgan fingerprint density at radius 1 is 1.62 bits per heavy atom.